The molecule has 2 heterocycles. The van der Waals surface area contributed by atoms with Gasteiger partial charge in [-0.3, -0.25) is 4.31 Å². The van der Waals surface area contributed by atoms with Crippen LogP contribution in [0.3, 0.4) is 0 Å². The van der Waals surface area contributed by atoms with Crippen molar-refractivity contribution >= 4 is 15.7 Å². The first kappa shape index (κ1) is 26.8. The zero-order valence-electron chi connectivity index (χ0n) is 20.3. The van der Waals surface area contributed by atoms with Gasteiger partial charge in [0.2, 0.25) is 0 Å². The zero-order valence-corrected chi connectivity index (χ0v) is 21.1. The number of aliphatic hydroxyl groups excluding tert-OH is 1. The summed E-state index contributed by atoms with van der Waals surface area (Å²) in [7, 11) is -4.04. The van der Waals surface area contributed by atoms with Gasteiger partial charge in [0.1, 0.15) is 5.75 Å². The first-order valence-electron chi connectivity index (χ1n) is 12.3. The molecule has 1 saturated heterocycles. The van der Waals surface area contributed by atoms with Gasteiger partial charge in [-0.1, -0.05) is 19.1 Å². The first-order valence-corrected chi connectivity index (χ1v) is 13.7. The minimum absolute atomic E-state index is 0.00985. The molecular weight excluding hydrogens is 495 g/mol. The van der Waals surface area contributed by atoms with Gasteiger partial charge in [-0.25, -0.2) is 8.42 Å². The quantitative estimate of drug-likeness (QED) is 0.523. The molecule has 0 bridgehead atoms. The average molecular weight is 528 g/mol. The largest absolute Gasteiger partial charge is 0.493 e. The van der Waals surface area contributed by atoms with Crippen molar-refractivity contribution < 1.29 is 36.2 Å². The number of fused-ring (bicyclic) bond motifs is 1. The molecule has 6 nitrogen and oxygen atoms in total. The maximum Gasteiger partial charge on any atom is 0.393 e. The summed E-state index contributed by atoms with van der Waals surface area (Å²) in [6.45, 7) is 3.33. The first-order chi connectivity index (χ1) is 17.1. The molecule has 1 fully saturated rings. The van der Waals surface area contributed by atoms with Gasteiger partial charge in [0, 0.05) is 24.8 Å². The minimum atomic E-state index is -4.34. The Hall–Kier alpha value is -2.30. The Morgan fingerprint density at radius 1 is 1.11 bits per heavy atom. The number of rotatable bonds is 8. The second kappa shape index (κ2) is 11.0. The highest BCUT2D eigenvalue weighted by atomic mass is 32.2. The third-order valence-electron chi connectivity index (χ3n) is 6.91. The molecule has 10 heteroatoms. The van der Waals surface area contributed by atoms with Crippen LogP contribution in [0.1, 0.15) is 49.3 Å². The number of aryl methyl sites for hydroxylation is 1. The molecular formula is C26H32F3NO5S. The van der Waals surface area contributed by atoms with Gasteiger partial charge in [-0.05, 0) is 73.4 Å². The van der Waals surface area contributed by atoms with Crippen molar-refractivity contribution in [2.45, 2.75) is 69.2 Å². The molecule has 1 unspecified atom stereocenters. The number of hydrogen-bond acceptors (Lipinski definition) is 5. The topological polar surface area (TPSA) is 76.1 Å². The van der Waals surface area contributed by atoms with Crippen molar-refractivity contribution in [3.63, 3.8) is 0 Å². The van der Waals surface area contributed by atoms with E-state index in [4.69, 9.17) is 9.47 Å². The van der Waals surface area contributed by atoms with Crippen molar-refractivity contribution in [1.29, 1.82) is 0 Å². The lowest BCUT2D eigenvalue weighted by Gasteiger charge is -2.38. The van der Waals surface area contributed by atoms with Crippen LogP contribution in [-0.2, 0) is 34.2 Å². The number of nitrogens with zero attached hydrogens (tertiary/aromatic N) is 1. The van der Waals surface area contributed by atoms with E-state index < -0.39 is 22.6 Å². The van der Waals surface area contributed by atoms with E-state index in [1.54, 1.807) is 6.07 Å². The van der Waals surface area contributed by atoms with E-state index >= 15 is 0 Å². The Labute approximate surface area is 210 Å². The summed E-state index contributed by atoms with van der Waals surface area (Å²) < 4.78 is 79.0. The van der Waals surface area contributed by atoms with Crippen LogP contribution in [-0.4, -0.2) is 45.6 Å². The van der Waals surface area contributed by atoms with Crippen molar-refractivity contribution in [3.05, 3.63) is 53.1 Å². The van der Waals surface area contributed by atoms with E-state index in [1.165, 1.54) is 34.6 Å². The standard InChI is InChI=1S/C26H32F3NO5S/c1-2-22-5-4-20-13-19(15-26(27,28)29)3-7-24(20)30(22)36(32,33)23-6-8-25(21(14-23)16-31)35-17-18-9-11-34-12-10-18/h3,6-8,13-14,18,22,31H,2,4-5,9-12,15-17H2,1H3. The summed E-state index contributed by atoms with van der Waals surface area (Å²) in [6.07, 6.45) is -2.04. The van der Waals surface area contributed by atoms with Crippen molar-refractivity contribution in [2.75, 3.05) is 24.1 Å². The molecule has 0 saturated carbocycles. The van der Waals surface area contributed by atoms with Crippen LogP contribution < -0.4 is 9.04 Å². The molecule has 36 heavy (non-hydrogen) atoms. The second-order valence-corrected chi connectivity index (χ2v) is 11.3. The highest BCUT2D eigenvalue weighted by molar-refractivity contribution is 7.92. The Kier molecular flexibility index (Phi) is 8.16. The summed E-state index contributed by atoms with van der Waals surface area (Å²) >= 11 is 0. The van der Waals surface area contributed by atoms with Gasteiger partial charge in [0.05, 0.1) is 30.2 Å². The molecule has 2 aromatic carbocycles. The van der Waals surface area contributed by atoms with E-state index in [-0.39, 0.29) is 23.1 Å². The number of halogens is 3. The molecule has 0 amide bonds. The summed E-state index contributed by atoms with van der Waals surface area (Å²) in [6, 6.07) is 8.42. The molecule has 2 aromatic rings. The minimum Gasteiger partial charge on any atom is -0.493 e. The molecule has 1 N–H and O–H groups in total. The van der Waals surface area contributed by atoms with Crippen LogP contribution in [0.15, 0.2) is 41.3 Å². The number of aliphatic hydroxyl groups is 1. The maximum atomic E-state index is 13.8. The van der Waals surface area contributed by atoms with Gasteiger partial charge in [-0.2, -0.15) is 13.2 Å². The SMILES string of the molecule is CCC1CCc2cc(CC(F)(F)F)ccc2N1S(=O)(=O)c1ccc(OCC2CCOCC2)c(CO)c1. The summed E-state index contributed by atoms with van der Waals surface area (Å²) in [4.78, 5) is 0.00985. The summed E-state index contributed by atoms with van der Waals surface area (Å²) in [5.41, 5.74) is 1.48. The summed E-state index contributed by atoms with van der Waals surface area (Å²) in [5.74, 6) is 0.775. The Morgan fingerprint density at radius 2 is 1.86 bits per heavy atom. The number of benzene rings is 2. The molecule has 0 radical (unpaired) electrons. The van der Waals surface area contributed by atoms with Gasteiger partial charge in [-0.15, -0.1) is 0 Å². The fourth-order valence-electron chi connectivity index (χ4n) is 4.94. The van der Waals surface area contributed by atoms with Crippen LogP contribution in [0.4, 0.5) is 18.9 Å². The third-order valence-corrected chi connectivity index (χ3v) is 8.77. The van der Waals surface area contributed by atoms with E-state index in [0.717, 1.165) is 12.8 Å². The van der Waals surface area contributed by atoms with Crippen molar-refractivity contribution in [1.82, 2.24) is 0 Å². The lowest BCUT2D eigenvalue weighted by atomic mass is 9.94. The predicted octanol–water partition coefficient (Wildman–Crippen LogP) is 5.01. The lowest BCUT2D eigenvalue weighted by molar-refractivity contribution is -0.127. The van der Waals surface area contributed by atoms with Crippen LogP contribution in [0.5, 0.6) is 5.75 Å². The second-order valence-electron chi connectivity index (χ2n) is 9.45. The lowest BCUT2D eigenvalue weighted by Crippen LogP contribution is -2.43. The average Bonchev–Trinajstić information content (AvgIpc) is 2.86. The highest BCUT2D eigenvalue weighted by Gasteiger charge is 2.36. The van der Waals surface area contributed by atoms with Gasteiger partial charge < -0.3 is 14.6 Å². The number of sulfonamides is 1. The van der Waals surface area contributed by atoms with E-state index in [2.05, 4.69) is 0 Å². The van der Waals surface area contributed by atoms with Crippen molar-refractivity contribution in [2.24, 2.45) is 5.92 Å². The number of hydrogen-bond donors (Lipinski definition) is 1. The van der Waals surface area contributed by atoms with Gasteiger partial charge in [0.25, 0.3) is 10.0 Å². The van der Waals surface area contributed by atoms with Crippen LogP contribution in [0, 0.1) is 5.92 Å². The molecule has 0 aromatic heterocycles. The Bertz CT molecular complexity index is 1160. The molecule has 0 spiro atoms. The maximum absolute atomic E-state index is 13.8. The van der Waals surface area contributed by atoms with E-state index in [0.29, 0.717) is 67.6 Å². The molecule has 2 aliphatic rings. The molecule has 0 aliphatic carbocycles. The van der Waals surface area contributed by atoms with E-state index in [1.807, 2.05) is 6.92 Å². The highest BCUT2D eigenvalue weighted by Crippen LogP contribution is 2.38. The van der Waals surface area contributed by atoms with Crippen LogP contribution in [0.2, 0.25) is 0 Å². The smallest absolute Gasteiger partial charge is 0.393 e. The van der Waals surface area contributed by atoms with E-state index in [9.17, 15) is 26.7 Å². The van der Waals surface area contributed by atoms with Crippen molar-refractivity contribution in [3.8, 4) is 5.75 Å². The molecule has 2 aliphatic heterocycles. The molecule has 1 atom stereocenters. The summed E-state index contributed by atoms with van der Waals surface area (Å²) in [5, 5.41) is 9.93. The van der Waals surface area contributed by atoms with Crippen LogP contribution >= 0.6 is 0 Å². The zero-order chi connectivity index (χ0) is 25.9. The number of alkyl halides is 3. The van der Waals surface area contributed by atoms with Gasteiger partial charge in [0.15, 0.2) is 0 Å². The normalized spacial score (nSPS) is 19.2. The molecule has 198 valence electrons. The van der Waals surface area contributed by atoms with Crippen LogP contribution in [0.25, 0.3) is 0 Å². The Morgan fingerprint density at radius 3 is 2.53 bits per heavy atom. The third kappa shape index (κ3) is 5.98. The van der Waals surface area contributed by atoms with Gasteiger partial charge >= 0.3 is 6.18 Å². The Balaban J connectivity index is 1.62. The number of ether oxygens (including phenoxy) is 2. The molecule has 4 rings (SSSR count). The monoisotopic (exact) mass is 527 g/mol. The fraction of sp³-hybridized carbons (Fsp3) is 0.538. The fourth-order valence-corrected chi connectivity index (χ4v) is 6.78. The number of anilines is 1. The predicted molar refractivity (Wildman–Crippen MR) is 130 cm³/mol.